The summed E-state index contributed by atoms with van der Waals surface area (Å²) >= 11 is 0. The Hall–Kier alpha value is -3.02. The molecule has 0 radical (unpaired) electrons. The summed E-state index contributed by atoms with van der Waals surface area (Å²) in [5.41, 5.74) is 2.58. The highest BCUT2D eigenvalue weighted by atomic mass is 19.1. The van der Waals surface area contributed by atoms with E-state index in [2.05, 4.69) is 36.3 Å². The second-order valence-corrected chi connectivity index (χ2v) is 8.60. The van der Waals surface area contributed by atoms with Crippen molar-refractivity contribution in [2.45, 2.75) is 32.2 Å². The van der Waals surface area contributed by atoms with Gasteiger partial charge in [0.15, 0.2) is 5.69 Å². The molecule has 0 spiro atoms. The average molecular weight is 392 g/mol. The molecule has 1 heterocycles. The molecule has 1 amide bonds. The molecule has 1 aliphatic rings. The molecule has 0 N–H and O–H groups in total. The van der Waals surface area contributed by atoms with E-state index < -0.39 is 0 Å². The summed E-state index contributed by atoms with van der Waals surface area (Å²) in [7, 11) is 1.82. The van der Waals surface area contributed by atoms with Crippen LogP contribution in [-0.2, 0) is 12.0 Å². The van der Waals surface area contributed by atoms with Gasteiger partial charge in [-0.2, -0.15) is 0 Å². The van der Waals surface area contributed by atoms with Crippen LogP contribution < -0.4 is 0 Å². The van der Waals surface area contributed by atoms with Crippen LogP contribution in [0.4, 0.5) is 4.39 Å². The van der Waals surface area contributed by atoms with E-state index in [1.165, 1.54) is 17.7 Å². The zero-order valence-corrected chi connectivity index (χ0v) is 17.0. The van der Waals surface area contributed by atoms with Crippen molar-refractivity contribution in [1.29, 1.82) is 0 Å². The van der Waals surface area contributed by atoms with Gasteiger partial charge in [-0.05, 0) is 35.1 Å². The predicted molar refractivity (Wildman–Crippen MR) is 109 cm³/mol. The lowest BCUT2D eigenvalue weighted by atomic mass is 9.87. The standard InChI is InChI=1S/C23H25FN4O/c1-22(2)15-23(22,18-7-5-4-6-8-18)16-27(3)21(29)20-14-28(26-25-20)13-17-9-11-19(24)12-10-17/h4-12,14H,13,15-16H2,1-3H3. The topological polar surface area (TPSA) is 51.0 Å². The van der Waals surface area contributed by atoms with Crippen LogP contribution in [-0.4, -0.2) is 39.4 Å². The van der Waals surface area contributed by atoms with E-state index in [1.807, 2.05) is 25.2 Å². The molecule has 6 heteroatoms. The molecule has 3 aromatic rings. The molecular weight excluding hydrogens is 367 g/mol. The lowest BCUT2D eigenvalue weighted by molar-refractivity contribution is 0.0769. The fourth-order valence-electron chi connectivity index (χ4n) is 4.24. The molecule has 5 nitrogen and oxygen atoms in total. The van der Waals surface area contributed by atoms with E-state index in [0.717, 1.165) is 12.0 Å². The summed E-state index contributed by atoms with van der Waals surface area (Å²) < 4.78 is 14.7. The molecule has 150 valence electrons. The molecule has 1 aromatic heterocycles. The Bertz CT molecular complexity index is 1010. The first-order valence-electron chi connectivity index (χ1n) is 9.76. The van der Waals surface area contributed by atoms with E-state index in [1.54, 1.807) is 27.9 Å². The zero-order chi connectivity index (χ0) is 20.6. The Morgan fingerprint density at radius 2 is 1.79 bits per heavy atom. The SMILES string of the molecule is CN(CC1(c2ccccc2)CC1(C)C)C(=O)c1cn(Cc2ccc(F)cc2)nn1. The third-order valence-electron chi connectivity index (χ3n) is 6.11. The van der Waals surface area contributed by atoms with Gasteiger partial charge >= 0.3 is 0 Å². The maximum Gasteiger partial charge on any atom is 0.275 e. The Balaban J connectivity index is 1.47. The van der Waals surface area contributed by atoms with Gasteiger partial charge in [0.2, 0.25) is 0 Å². The van der Waals surface area contributed by atoms with Crippen molar-refractivity contribution in [2.75, 3.05) is 13.6 Å². The highest BCUT2D eigenvalue weighted by molar-refractivity contribution is 5.91. The lowest BCUT2D eigenvalue weighted by Crippen LogP contribution is -2.36. The smallest absolute Gasteiger partial charge is 0.275 e. The minimum atomic E-state index is -0.278. The summed E-state index contributed by atoms with van der Waals surface area (Å²) in [4.78, 5) is 14.7. The van der Waals surface area contributed by atoms with Gasteiger partial charge in [-0.25, -0.2) is 9.07 Å². The number of rotatable bonds is 6. The molecule has 1 aliphatic carbocycles. The van der Waals surface area contributed by atoms with Gasteiger partial charge in [0.05, 0.1) is 12.7 Å². The van der Waals surface area contributed by atoms with Crippen molar-refractivity contribution < 1.29 is 9.18 Å². The predicted octanol–water partition coefficient (Wildman–Crippen LogP) is 3.91. The van der Waals surface area contributed by atoms with Crippen molar-refractivity contribution in [3.05, 3.63) is 83.4 Å². The van der Waals surface area contributed by atoms with Crippen LogP contribution in [0.1, 0.15) is 41.9 Å². The summed E-state index contributed by atoms with van der Waals surface area (Å²) in [6.07, 6.45) is 2.69. The molecular formula is C23H25FN4O. The first-order chi connectivity index (χ1) is 13.8. The summed E-state index contributed by atoms with van der Waals surface area (Å²) in [5.74, 6) is -0.423. The number of likely N-dealkylation sites (N-methyl/N-ethyl adjacent to an activating group) is 1. The van der Waals surface area contributed by atoms with E-state index in [4.69, 9.17) is 0 Å². The van der Waals surface area contributed by atoms with E-state index in [-0.39, 0.29) is 22.6 Å². The Kier molecular flexibility index (Phi) is 4.73. The Labute approximate surface area is 170 Å². The highest BCUT2D eigenvalue weighted by Crippen LogP contribution is 2.64. The van der Waals surface area contributed by atoms with Crippen molar-refractivity contribution in [2.24, 2.45) is 5.41 Å². The van der Waals surface area contributed by atoms with Crippen LogP contribution in [0.5, 0.6) is 0 Å². The number of carbonyl (C=O) groups excluding carboxylic acids is 1. The summed E-state index contributed by atoms with van der Waals surface area (Å²) in [5, 5.41) is 8.12. The lowest BCUT2D eigenvalue weighted by Gasteiger charge is -2.27. The van der Waals surface area contributed by atoms with Gasteiger partial charge in [-0.15, -0.1) is 5.10 Å². The third-order valence-corrected chi connectivity index (χ3v) is 6.11. The normalized spacial score (nSPS) is 19.7. The molecule has 0 saturated heterocycles. The van der Waals surface area contributed by atoms with Crippen LogP contribution in [0.3, 0.4) is 0 Å². The molecule has 4 rings (SSSR count). The molecule has 1 unspecified atom stereocenters. The highest BCUT2D eigenvalue weighted by Gasteiger charge is 2.62. The van der Waals surface area contributed by atoms with Crippen LogP contribution in [0.2, 0.25) is 0 Å². The van der Waals surface area contributed by atoms with Crippen LogP contribution in [0.15, 0.2) is 60.8 Å². The van der Waals surface area contributed by atoms with Gasteiger partial charge in [0.25, 0.3) is 5.91 Å². The van der Waals surface area contributed by atoms with Gasteiger partial charge < -0.3 is 4.90 Å². The fourth-order valence-corrected chi connectivity index (χ4v) is 4.24. The van der Waals surface area contributed by atoms with Crippen molar-refractivity contribution in [3.8, 4) is 0 Å². The minimum absolute atomic E-state index is 0.0389. The third kappa shape index (κ3) is 3.67. The van der Waals surface area contributed by atoms with Crippen molar-refractivity contribution in [1.82, 2.24) is 19.9 Å². The van der Waals surface area contributed by atoms with Gasteiger partial charge in [0.1, 0.15) is 5.82 Å². The minimum Gasteiger partial charge on any atom is -0.339 e. The summed E-state index contributed by atoms with van der Waals surface area (Å²) in [6.45, 7) is 5.56. The number of nitrogens with zero attached hydrogens (tertiary/aromatic N) is 4. The zero-order valence-electron chi connectivity index (χ0n) is 17.0. The first-order valence-corrected chi connectivity index (χ1v) is 9.76. The second-order valence-electron chi connectivity index (χ2n) is 8.60. The molecule has 1 fully saturated rings. The number of hydrogen-bond acceptors (Lipinski definition) is 3. The monoisotopic (exact) mass is 392 g/mol. The van der Waals surface area contributed by atoms with Gasteiger partial charge in [0, 0.05) is 19.0 Å². The van der Waals surface area contributed by atoms with Gasteiger partial charge in [-0.3, -0.25) is 4.79 Å². The second kappa shape index (κ2) is 7.10. The summed E-state index contributed by atoms with van der Waals surface area (Å²) in [6, 6.07) is 16.6. The average Bonchev–Trinajstić information content (AvgIpc) is 3.03. The van der Waals surface area contributed by atoms with Crippen LogP contribution >= 0.6 is 0 Å². The number of hydrogen-bond donors (Lipinski definition) is 0. The number of amides is 1. The number of aromatic nitrogens is 3. The molecule has 2 aromatic carbocycles. The quantitative estimate of drug-likeness (QED) is 0.639. The van der Waals surface area contributed by atoms with Crippen LogP contribution in [0.25, 0.3) is 0 Å². The fraction of sp³-hybridized carbons (Fsp3) is 0.348. The molecule has 1 saturated carbocycles. The first kappa shape index (κ1) is 19.3. The Morgan fingerprint density at radius 3 is 2.41 bits per heavy atom. The van der Waals surface area contributed by atoms with Crippen LogP contribution in [0, 0.1) is 11.2 Å². The maximum absolute atomic E-state index is 13.1. The van der Waals surface area contributed by atoms with Gasteiger partial charge in [-0.1, -0.05) is 61.5 Å². The number of benzene rings is 2. The van der Waals surface area contributed by atoms with E-state index in [9.17, 15) is 9.18 Å². The Morgan fingerprint density at radius 1 is 1.14 bits per heavy atom. The maximum atomic E-state index is 13.1. The number of carbonyl (C=O) groups is 1. The molecule has 29 heavy (non-hydrogen) atoms. The van der Waals surface area contributed by atoms with Crippen molar-refractivity contribution in [3.63, 3.8) is 0 Å². The number of halogens is 1. The van der Waals surface area contributed by atoms with E-state index in [0.29, 0.717) is 18.8 Å². The molecule has 0 bridgehead atoms. The van der Waals surface area contributed by atoms with Crippen molar-refractivity contribution >= 4 is 5.91 Å². The molecule has 1 atom stereocenters. The largest absolute Gasteiger partial charge is 0.339 e. The van der Waals surface area contributed by atoms with E-state index >= 15 is 0 Å². The molecule has 0 aliphatic heterocycles.